The molecule has 1 aromatic rings. The van der Waals surface area contributed by atoms with Crippen LogP contribution >= 0.6 is 0 Å². The first-order chi connectivity index (χ1) is 10.9. The number of halogens is 1. The van der Waals surface area contributed by atoms with Gasteiger partial charge in [0.1, 0.15) is 17.2 Å². The summed E-state index contributed by atoms with van der Waals surface area (Å²) in [5.41, 5.74) is -1.59. The molecule has 0 saturated carbocycles. The lowest BCUT2D eigenvalue weighted by Crippen LogP contribution is -2.55. The Morgan fingerprint density at radius 1 is 1.35 bits per heavy atom. The van der Waals surface area contributed by atoms with Gasteiger partial charge in [0.2, 0.25) is 11.8 Å². The van der Waals surface area contributed by atoms with Crippen molar-refractivity contribution in [3.63, 3.8) is 0 Å². The van der Waals surface area contributed by atoms with Crippen molar-refractivity contribution < 1.29 is 18.8 Å². The number of carbonyl (C=O) groups is 3. The normalized spacial score (nSPS) is 25.7. The zero-order valence-corrected chi connectivity index (χ0v) is 12.4. The van der Waals surface area contributed by atoms with Crippen molar-refractivity contribution in [3.05, 3.63) is 40.8 Å². The van der Waals surface area contributed by atoms with Crippen LogP contribution in [-0.2, 0) is 19.8 Å². The highest BCUT2D eigenvalue weighted by Gasteiger charge is 2.62. The van der Waals surface area contributed by atoms with Gasteiger partial charge in [0, 0.05) is 16.8 Å². The smallest absolute Gasteiger partial charge is 0.243 e. The van der Waals surface area contributed by atoms with Crippen LogP contribution in [0.15, 0.2) is 29.5 Å². The van der Waals surface area contributed by atoms with Crippen LogP contribution in [0.5, 0.6) is 0 Å². The van der Waals surface area contributed by atoms with Crippen LogP contribution in [0.3, 0.4) is 0 Å². The van der Waals surface area contributed by atoms with E-state index in [0.29, 0.717) is 0 Å². The van der Waals surface area contributed by atoms with E-state index in [4.69, 9.17) is 0 Å². The van der Waals surface area contributed by atoms with E-state index in [1.54, 1.807) is 6.07 Å². The molecule has 23 heavy (non-hydrogen) atoms. The van der Waals surface area contributed by atoms with Gasteiger partial charge in [0.25, 0.3) is 0 Å². The van der Waals surface area contributed by atoms with Gasteiger partial charge in [0.15, 0.2) is 5.78 Å². The lowest BCUT2D eigenvalue weighted by Gasteiger charge is -2.37. The summed E-state index contributed by atoms with van der Waals surface area (Å²) < 4.78 is 14.1. The summed E-state index contributed by atoms with van der Waals surface area (Å²) in [6.07, 6.45) is 0. The maximum Gasteiger partial charge on any atom is 0.243 e. The SMILES string of the molecule is CC(=O)C1=C(C)NC(=O)C(C#N)C12C(=O)Nc1c(F)cccc12. The predicted molar refractivity (Wildman–Crippen MR) is 77.3 cm³/mol. The molecule has 1 aromatic carbocycles. The van der Waals surface area contributed by atoms with Crippen molar-refractivity contribution in [3.8, 4) is 6.07 Å². The lowest BCUT2D eigenvalue weighted by molar-refractivity contribution is -0.132. The number of fused-ring (bicyclic) bond motifs is 2. The number of hydrogen-bond donors (Lipinski definition) is 2. The van der Waals surface area contributed by atoms with Gasteiger partial charge in [-0.25, -0.2) is 4.39 Å². The van der Waals surface area contributed by atoms with Crippen LogP contribution in [0, 0.1) is 23.1 Å². The second-order valence-electron chi connectivity index (χ2n) is 5.53. The fourth-order valence-electron chi connectivity index (χ4n) is 3.50. The molecular weight excluding hydrogens is 301 g/mol. The number of nitrogens with one attached hydrogen (secondary N) is 2. The number of anilines is 1. The molecule has 2 unspecified atom stereocenters. The first-order valence-corrected chi connectivity index (χ1v) is 6.89. The predicted octanol–water partition coefficient (Wildman–Crippen LogP) is 1.15. The zero-order chi connectivity index (χ0) is 16.9. The van der Waals surface area contributed by atoms with Gasteiger partial charge in [-0.1, -0.05) is 12.1 Å². The minimum Gasteiger partial charge on any atom is -0.328 e. The maximum atomic E-state index is 14.1. The average Bonchev–Trinajstić information content (AvgIpc) is 2.74. The molecule has 2 heterocycles. The van der Waals surface area contributed by atoms with E-state index in [-0.39, 0.29) is 22.5 Å². The highest BCUT2D eigenvalue weighted by Crippen LogP contribution is 2.51. The number of benzene rings is 1. The minimum atomic E-state index is -1.83. The summed E-state index contributed by atoms with van der Waals surface area (Å²) >= 11 is 0. The van der Waals surface area contributed by atoms with Crippen molar-refractivity contribution in [1.82, 2.24) is 5.32 Å². The summed E-state index contributed by atoms with van der Waals surface area (Å²) in [4.78, 5) is 37.2. The van der Waals surface area contributed by atoms with Crippen molar-refractivity contribution >= 4 is 23.3 Å². The molecule has 2 aliphatic rings. The van der Waals surface area contributed by atoms with Gasteiger partial charge >= 0.3 is 0 Å². The molecule has 2 aliphatic heterocycles. The van der Waals surface area contributed by atoms with Gasteiger partial charge in [0.05, 0.1) is 11.8 Å². The number of Topliss-reactive ketones (excluding diaryl/α,β-unsaturated/α-hetero) is 1. The molecule has 2 amide bonds. The molecule has 116 valence electrons. The van der Waals surface area contributed by atoms with Crippen LogP contribution < -0.4 is 10.6 Å². The Balaban J connectivity index is 2.47. The maximum absolute atomic E-state index is 14.1. The Morgan fingerprint density at radius 3 is 2.65 bits per heavy atom. The first kappa shape index (κ1) is 14.9. The standard InChI is InChI=1S/C16H12FN3O3/c1-7-12(8(2)21)16(10(6-18)14(22)19-7)9-4-3-5-11(17)13(9)20-15(16)23/h3-5,10H,1-2H3,(H,19,22)(H,20,23). The number of nitriles is 1. The minimum absolute atomic E-state index is 0.00509. The molecule has 0 bridgehead atoms. The molecule has 0 aromatic heterocycles. The van der Waals surface area contributed by atoms with Gasteiger partial charge in [-0.15, -0.1) is 0 Å². The van der Waals surface area contributed by atoms with Crippen LogP contribution in [0.4, 0.5) is 10.1 Å². The van der Waals surface area contributed by atoms with Crippen LogP contribution in [0.2, 0.25) is 0 Å². The van der Waals surface area contributed by atoms with Crippen LogP contribution in [0.25, 0.3) is 0 Å². The number of para-hydroxylation sites is 1. The third kappa shape index (κ3) is 1.69. The van der Waals surface area contributed by atoms with Gasteiger partial charge in [-0.05, 0) is 19.9 Å². The monoisotopic (exact) mass is 313 g/mol. The van der Waals surface area contributed by atoms with Crippen LogP contribution in [-0.4, -0.2) is 17.6 Å². The largest absolute Gasteiger partial charge is 0.328 e. The van der Waals surface area contributed by atoms with E-state index in [2.05, 4.69) is 10.6 Å². The Morgan fingerprint density at radius 2 is 2.04 bits per heavy atom. The second-order valence-corrected chi connectivity index (χ2v) is 5.53. The Kier molecular flexibility index (Phi) is 3.08. The Labute approximate surface area is 131 Å². The molecule has 2 N–H and O–H groups in total. The van der Waals surface area contributed by atoms with Crippen LogP contribution in [0.1, 0.15) is 19.4 Å². The fourth-order valence-corrected chi connectivity index (χ4v) is 3.50. The molecule has 7 heteroatoms. The lowest BCUT2D eigenvalue weighted by atomic mass is 9.63. The van der Waals surface area contributed by atoms with E-state index in [9.17, 15) is 24.0 Å². The second kappa shape index (κ2) is 4.74. The van der Waals surface area contributed by atoms with Crippen molar-refractivity contribution in [2.45, 2.75) is 19.3 Å². The number of rotatable bonds is 1. The molecule has 2 atom stereocenters. The fraction of sp³-hybridized carbons (Fsp3) is 0.250. The van der Waals surface area contributed by atoms with E-state index in [0.717, 1.165) is 6.07 Å². The summed E-state index contributed by atoms with van der Waals surface area (Å²) in [6, 6.07) is 5.79. The molecule has 0 fully saturated rings. The molecule has 0 saturated heterocycles. The average molecular weight is 313 g/mol. The summed E-state index contributed by atoms with van der Waals surface area (Å²) in [5, 5.41) is 14.3. The first-order valence-electron chi connectivity index (χ1n) is 6.89. The zero-order valence-electron chi connectivity index (χ0n) is 12.4. The molecule has 3 rings (SSSR count). The van der Waals surface area contributed by atoms with Gasteiger partial charge in [-0.2, -0.15) is 5.26 Å². The highest BCUT2D eigenvalue weighted by molar-refractivity contribution is 6.19. The highest BCUT2D eigenvalue weighted by atomic mass is 19.1. The van der Waals surface area contributed by atoms with Crippen molar-refractivity contribution in [2.75, 3.05) is 5.32 Å². The quantitative estimate of drug-likeness (QED) is 0.812. The topological polar surface area (TPSA) is 99.1 Å². The number of amides is 2. The summed E-state index contributed by atoms with van der Waals surface area (Å²) in [7, 11) is 0. The summed E-state index contributed by atoms with van der Waals surface area (Å²) in [5.74, 6) is -4.05. The van der Waals surface area contributed by atoms with E-state index in [1.165, 1.54) is 26.0 Å². The van der Waals surface area contributed by atoms with Crippen molar-refractivity contribution in [1.29, 1.82) is 5.26 Å². The van der Waals surface area contributed by atoms with E-state index >= 15 is 0 Å². The molecule has 0 radical (unpaired) electrons. The number of allylic oxidation sites excluding steroid dienone is 1. The van der Waals surface area contributed by atoms with Gasteiger partial charge in [-0.3, -0.25) is 14.4 Å². The summed E-state index contributed by atoms with van der Waals surface area (Å²) in [6.45, 7) is 2.73. The molecule has 0 aliphatic carbocycles. The van der Waals surface area contributed by atoms with Gasteiger partial charge < -0.3 is 10.6 Å². The number of hydrogen-bond acceptors (Lipinski definition) is 4. The molecule has 6 nitrogen and oxygen atoms in total. The number of nitrogens with zero attached hydrogens (tertiary/aromatic N) is 1. The molecule has 1 spiro atoms. The number of carbonyl (C=O) groups excluding carboxylic acids is 3. The third-order valence-corrected chi connectivity index (χ3v) is 4.29. The van der Waals surface area contributed by atoms with E-state index in [1.807, 2.05) is 0 Å². The molecular formula is C16H12FN3O3. The Bertz CT molecular complexity index is 853. The van der Waals surface area contributed by atoms with E-state index < -0.39 is 34.7 Å². The third-order valence-electron chi connectivity index (χ3n) is 4.29. The number of ketones is 1. The van der Waals surface area contributed by atoms with Crippen molar-refractivity contribution in [2.24, 2.45) is 5.92 Å². The Hall–Kier alpha value is -3.01.